The van der Waals surface area contributed by atoms with Crippen LogP contribution in [0.15, 0.2) is 42.5 Å². The fraction of sp³-hybridized carbons (Fsp3) is 0.333. The second-order valence-corrected chi connectivity index (χ2v) is 6.68. The van der Waals surface area contributed by atoms with Crippen LogP contribution in [0.25, 0.3) is 0 Å². The number of halogens is 2. The van der Waals surface area contributed by atoms with Crippen molar-refractivity contribution >= 4 is 17.6 Å². The van der Waals surface area contributed by atoms with Gasteiger partial charge < -0.3 is 19.1 Å². The molecule has 0 aliphatic carbocycles. The summed E-state index contributed by atoms with van der Waals surface area (Å²) in [7, 11) is 1.27. The second-order valence-electron chi connectivity index (χ2n) is 6.68. The molecule has 29 heavy (non-hydrogen) atoms. The number of benzene rings is 2. The third kappa shape index (κ3) is 4.31. The standard InChI is InChI=1S/C21H21F2NO5/c1-12-10-14-6-4-5-7-16(14)24(12)19(25)13(2)28-20(26)15-8-9-17(29-21(22)23)18(11-15)27-3/h4-9,11-13,21H,10H2,1-3H3/t12-,13+/m1/s1. The monoisotopic (exact) mass is 405 g/mol. The van der Waals surface area contributed by atoms with Crippen LogP contribution in [0.3, 0.4) is 0 Å². The van der Waals surface area contributed by atoms with Crippen LogP contribution in [0.5, 0.6) is 11.5 Å². The number of anilines is 1. The lowest BCUT2D eigenvalue weighted by Crippen LogP contribution is -2.43. The summed E-state index contributed by atoms with van der Waals surface area (Å²) in [6.07, 6.45) is -0.301. The highest BCUT2D eigenvalue weighted by Gasteiger charge is 2.34. The van der Waals surface area contributed by atoms with Gasteiger partial charge in [0.15, 0.2) is 17.6 Å². The van der Waals surface area contributed by atoms with Crippen molar-refractivity contribution in [2.75, 3.05) is 12.0 Å². The Morgan fingerprint density at radius 2 is 1.86 bits per heavy atom. The van der Waals surface area contributed by atoms with Gasteiger partial charge in [0, 0.05) is 11.7 Å². The summed E-state index contributed by atoms with van der Waals surface area (Å²) in [5.74, 6) is -1.35. The molecule has 0 unspecified atom stereocenters. The van der Waals surface area contributed by atoms with Crippen molar-refractivity contribution in [3.8, 4) is 11.5 Å². The lowest BCUT2D eigenvalue weighted by Gasteiger charge is -2.26. The Hall–Kier alpha value is -3.16. The summed E-state index contributed by atoms with van der Waals surface area (Å²) in [5.41, 5.74) is 1.92. The Balaban J connectivity index is 1.73. The van der Waals surface area contributed by atoms with E-state index in [4.69, 9.17) is 9.47 Å². The highest BCUT2D eigenvalue weighted by molar-refractivity contribution is 6.01. The third-order valence-electron chi connectivity index (χ3n) is 4.69. The molecule has 1 heterocycles. The molecule has 1 aliphatic heterocycles. The summed E-state index contributed by atoms with van der Waals surface area (Å²) in [5, 5.41) is 0. The molecule has 0 N–H and O–H groups in total. The molecule has 1 aliphatic rings. The van der Waals surface area contributed by atoms with Crippen molar-refractivity contribution in [1.29, 1.82) is 0 Å². The maximum absolute atomic E-state index is 12.9. The first kappa shape index (κ1) is 20.6. The first-order valence-corrected chi connectivity index (χ1v) is 9.06. The van der Waals surface area contributed by atoms with Gasteiger partial charge >= 0.3 is 12.6 Å². The molecule has 0 aromatic heterocycles. The molecule has 2 aromatic rings. The predicted octanol–water partition coefficient (Wildman–Crippen LogP) is 3.82. The maximum Gasteiger partial charge on any atom is 0.387 e. The zero-order valence-electron chi connectivity index (χ0n) is 16.2. The number of alkyl halides is 2. The molecular weight excluding hydrogens is 384 g/mol. The Kier molecular flexibility index (Phi) is 6.00. The Morgan fingerprint density at radius 3 is 2.55 bits per heavy atom. The molecule has 3 rings (SSSR count). The molecule has 6 nitrogen and oxygen atoms in total. The van der Waals surface area contributed by atoms with Crippen LogP contribution in [0.2, 0.25) is 0 Å². The van der Waals surface area contributed by atoms with Crippen molar-refractivity contribution in [2.45, 2.75) is 39.0 Å². The van der Waals surface area contributed by atoms with E-state index in [9.17, 15) is 18.4 Å². The highest BCUT2D eigenvalue weighted by Crippen LogP contribution is 2.33. The number of ether oxygens (including phenoxy) is 3. The molecule has 154 valence electrons. The number of hydrogen-bond donors (Lipinski definition) is 0. The summed E-state index contributed by atoms with van der Waals surface area (Å²) in [4.78, 5) is 27.0. The van der Waals surface area contributed by atoms with Crippen LogP contribution < -0.4 is 14.4 Å². The van der Waals surface area contributed by atoms with E-state index in [-0.39, 0.29) is 29.0 Å². The van der Waals surface area contributed by atoms with Gasteiger partial charge in [-0.3, -0.25) is 4.79 Å². The first-order valence-electron chi connectivity index (χ1n) is 9.06. The number of rotatable bonds is 6. The van der Waals surface area contributed by atoms with E-state index in [0.29, 0.717) is 0 Å². The zero-order chi connectivity index (χ0) is 21.1. The summed E-state index contributed by atoms with van der Waals surface area (Å²) in [6.45, 7) is 0.406. The second kappa shape index (κ2) is 8.46. The Morgan fingerprint density at radius 1 is 1.14 bits per heavy atom. The molecule has 0 spiro atoms. The Bertz CT molecular complexity index is 918. The van der Waals surface area contributed by atoms with Gasteiger partial charge in [-0.2, -0.15) is 8.78 Å². The lowest BCUT2D eigenvalue weighted by molar-refractivity contribution is -0.126. The summed E-state index contributed by atoms with van der Waals surface area (Å²) < 4.78 is 39.5. The van der Waals surface area contributed by atoms with E-state index in [2.05, 4.69) is 4.74 Å². The van der Waals surface area contributed by atoms with Crippen LogP contribution >= 0.6 is 0 Å². The van der Waals surface area contributed by atoms with Gasteiger partial charge in [-0.15, -0.1) is 0 Å². The van der Waals surface area contributed by atoms with Crippen LogP contribution in [0.4, 0.5) is 14.5 Å². The molecule has 0 bridgehead atoms. The van der Waals surface area contributed by atoms with Crippen LogP contribution in [0, 0.1) is 0 Å². The third-order valence-corrected chi connectivity index (χ3v) is 4.69. The quantitative estimate of drug-likeness (QED) is 0.684. The van der Waals surface area contributed by atoms with Crippen LogP contribution in [-0.4, -0.2) is 37.7 Å². The van der Waals surface area contributed by atoms with Gasteiger partial charge in [-0.05, 0) is 50.1 Å². The van der Waals surface area contributed by atoms with Crippen molar-refractivity contribution < 1.29 is 32.6 Å². The summed E-state index contributed by atoms with van der Waals surface area (Å²) in [6, 6.07) is 11.2. The molecule has 0 fully saturated rings. The largest absolute Gasteiger partial charge is 0.493 e. The maximum atomic E-state index is 12.9. The number of esters is 1. The molecule has 8 heteroatoms. The van der Waals surface area contributed by atoms with Gasteiger partial charge in [0.05, 0.1) is 12.7 Å². The van der Waals surface area contributed by atoms with Crippen LogP contribution in [0.1, 0.15) is 29.8 Å². The van der Waals surface area contributed by atoms with Crippen molar-refractivity contribution in [3.05, 3.63) is 53.6 Å². The number of fused-ring (bicyclic) bond motifs is 1. The highest BCUT2D eigenvalue weighted by atomic mass is 19.3. The number of para-hydroxylation sites is 1. The van der Waals surface area contributed by atoms with Gasteiger partial charge in [0.1, 0.15) is 0 Å². The van der Waals surface area contributed by atoms with Gasteiger partial charge in [-0.25, -0.2) is 4.79 Å². The van der Waals surface area contributed by atoms with E-state index in [1.54, 1.807) is 4.90 Å². The fourth-order valence-electron chi connectivity index (χ4n) is 3.36. The SMILES string of the molecule is COc1cc(C(=O)O[C@@H](C)C(=O)N2c3ccccc3C[C@H]2C)ccc1OC(F)F. The minimum atomic E-state index is -3.02. The van der Waals surface area contributed by atoms with Gasteiger partial charge in [0.25, 0.3) is 5.91 Å². The molecule has 2 aromatic carbocycles. The Labute approximate surface area is 167 Å². The number of hydrogen-bond acceptors (Lipinski definition) is 5. The molecule has 0 saturated carbocycles. The number of methoxy groups -OCH3 is 1. The minimum Gasteiger partial charge on any atom is -0.493 e. The molecule has 2 atom stereocenters. The predicted molar refractivity (Wildman–Crippen MR) is 102 cm³/mol. The number of nitrogens with zero attached hydrogens (tertiary/aromatic N) is 1. The fourth-order valence-corrected chi connectivity index (χ4v) is 3.36. The van der Waals surface area contributed by atoms with Crippen molar-refractivity contribution in [3.63, 3.8) is 0 Å². The average molecular weight is 405 g/mol. The van der Waals surface area contributed by atoms with Crippen LogP contribution in [-0.2, 0) is 16.0 Å². The van der Waals surface area contributed by atoms with E-state index in [0.717, 1.165) is 17.7 Å². The van der Waals surface area contributed by atoms with E-state index < -0.39 is 18.7 Å². The molecule has 0 radical (unpaired) electrons. The zero-order valence-corrected chi connectivity index (χ0v) is 16.2. The number of amides is 1. The van der Waals surface area contributed by atoms with E-state index in [1.165, 1.54) is 32.2 Å². The van der Waals surface area contributed by atoms with Gasteiger partial charge in [-0.1, -0.05) is 18.2 Å². The van der Waals surface area contributed by atoms with E-state index in [1.807, 2.05) is 31.2 Å². The number of carbonyl (C=O) groups excluding carboxylic acids is 2. The molecule has 0 saturated heterocycles. The summed E-state index contributed by atoms with van der Waals surface area (Å²) >= 11 is 0. The number of carbonyl (C=O) groups is 2. The van der Waals surface area contributed by atoms with Crippen molar-refractivity contribution in [1.82, 2.24) is 0 Å². The average Bonchev–Trinajstić information content (AvgIpc) is 3.02. The molecular formula is C21H21F2NO5. The van der Waals surface area contributed by atoms with Crippen molar-refractivity contribution in [2.24, 2.45) is 0 Å². The topological polar surface area (TPSA) is 65.1 Å². The van der Waals surface area contributed by atoms with Gasteiger partial charge in [0.2, 0.25) is 0 Å². The smallest absolute Gasteiger partial charge is 0.387 e. The minimum absolute atomic E-state index is 0.0409. The first-order chi connectivity index (χ1) is 13.8. The lowest BCUT2D eigenvalue weighted by atomic mass is 10.1. The molecule has 1 amide bonds. The van der Waals surface area contributed by atoms with E-state index >= 15 is 0 Å². The normalized spacial score (nSPS) is 16.3.